The van der Waals surface area contributed by atoms with Crippen LogP contribution < -0.4 is 4.90 Å². The molecule has 1 saturated carbocycles. The summed E-state index contributed by atoms with van der Waals surface area (Å²) in [5.74, 6) is 1.65. The van der Waals surface area contributed by atoms with Crippen LogP contribution in [0, 0.1) is 5.92 Å². The first kappa shape index (κ1) is 29.9. The van der Waals surface area contributed by atoms with E-state index in [0.717, 1.165) is 64.2 Å². The molecule has 1 aliphatic carbocycles. The van der Waals surface area contributed by atoms with Crippen molar-refractivity contribution >= 4 is 47.1 Å². The second kappa shape index (κ2) is 14.5. The Morgan fingerprint density at radius 1 is 1.00 bits per heavy atom. The SMILES string of the molecule is CC1CN(c2cc(Cl)nc(SCC(=O)N3CCN(CC=Cc4ccccc4)CC3)n2)CCN1C(=O)C1CCCCC1. The zero-order valence-corrected chi connectivity index (χ0v) is 25.5. The van der Waals surface area contributed by atoms with Crippen molar-refractivity contribution in [1.82, 2.24) is 24.7 Å². The zero-order valence-electron chi connectivity index (χ0n) is 24.0. The van der Waals surface area contributed by atoms with Crippen LogP contribution in [0.25, 0.3) is 6.08 Å². The van der Waals surface area contributed by atoms with Crippen molar-refractivity contribution < 1.29 is 9.59 Å². The number of amides is 2. The van der Waals surface area contributed by atoms with Crippen LogP contribution >= 0.6 is 23.4 Å². The number of rotatable bonds is 8. The Hall–Kier alpha value is -2.62. The van der Waals surface area contributed by atoms with E-state index in [9.17, 15) is 9.59 Å². The van der Waals surface area contributed by atoms with Crippen molar-refractivity contribution in [3.05, 3.63) is 53.2 Å². The van der Waals surface area contributed by atoms with E-state index >= 15 is 0 Å². The van der Waals surface area contributed by atoms with Crippen molar-refractivity contribution in [2.75, 3.05) is 63.0 Å². The van der Waals surface area contributed by atoms with Crippen LogP contribution in [-0.4, -0.2) is 101 Å². The number of thioether (sulfide) groups is 1. The molecule has 2 saturated heterocycles. The topological polar surface area (TPSA) is 72.9 Å². The highest BCUT2D eigenvalue weighted by Gasteiger charge is 2.33. The Morgan fingerprint density at radius 3 is 2.49 bits per heavy atom. The zero-order chi connectivity index (χ0) is 28.6. The summed E-state index contributed by atoms with van der Waals surface area (Å²) in [4.78, 5) is 43.7. The molecule has 3 aliphatic rings. The summed E-state index contributed by atoms with van der Waals surface area (Å²) in [7, 11) is 0. The summed E-state index contributed by atoms with van der Waals surface area (Å²) in [5, 5.41) is 0.884. The number of hydrogen-bond donors (Lipinski definition) is 0. The molecule has 1 aromatic heterocycles. The third kappa shape index (κ3) is 8.23. The van der Waals surface area contributed by atoms with Gasteiger partial charge in [-0.25, -0.2) is 9.97 Å². The standard InChI is InChI=1S/C31H41ClN6O2S/c1-24-22-37(19-20-38(24)30(40)26-12-6-3-7-13-26)28-21-27(32)33-31(34-28)41-23-29(39)36-17-15-35(16-18-36)14-8-11-25-9-4-2-5-10-25/h2,4-5,8-11,21,24,26H,3,6-7,12-20,22-23H2,1H3. The summed E-state index contributed by atoms with van der Waals surface area (Å²) in [5.41, 5.74) is 1.20. The van der Waals surface area contributed by atoms with Crippen LogP contribution in [0.15, 0.2) is 47.6 Å². The summed E-state index contributed by atoms with van der Waals surface area (Å²) in [6.45, 7) is 8.28. The van der Waals surface area contributed by atoms with Crippen LogP contribution in [0.5, 0.6) is 0 Å². The molecule has 1 unspecified atom stereocenters. The molecule has 1 atom stereocenters. The van der Waals surface area contributed by atoms with E-state index in [1.807, 2.05) is 23.1 Å². The maximum Gasteiger partial charge on any atom is 0.233 e. The third-order valence-corrected chi connectivity index (χ3v) is 9.40. The quantitative estimate of drug-likeness (QED) is 0.248. The second-order valence-corrected chi connectivity index (χ2v) is 12.6. The first-order valence-electron chi connectivity index (χ1n) is 14.9. The van der Waals surface area contributed by atoms with Crippen molar-refractivity contribution in [2.24, 2.45) is 5.92 Å². The van der Waals surface area contributed by atoms with E-state index in [-0.39, 0.29) is 23.6 Å². The van der Waals surface area contributed by atoms with Gasteiger partial charge in [-0.2, -0.15) is 0 Å². The maximum atomic E-state index is 13.1. The van der Waals surface area contributed by atoms with E-state index in [4.69, 9.17) is 16.6 Å². The van der Waals surface area contributed by atoms with E-state index in [1.165, 1.54) is 23.7 Å². The van der Waals surface area contributed by atoms with E-state index in [0.29, 0.717) is 35.9 Å². The van der Waals surface area contributed by atoms with Gasteiger partial charge < -0.3 is 14.7 Å². The minimum atomic E-state index is 0.100. The first-order valence-corrected chi connectivity index (χ1v) is 16.3. The maximum absolute atomic E-state index is 13.1. The lowest BCUT2D eigenvalue weighted by Gasteiger charge is -2.42. The molecule has 0 radical (unpaired) electrons. The summed E-state index contributed by atoms with van der Waals surface area (Å²) >= 11 is 7.72. The van der Waals surface area contributed by atoms with E-state index < -0.39 is 0 Å². The molecule has 41 heavy (non-hydrogen) atoms. The lowest BCUT2D eigenvalue weighted by atomic mass is 9.88. The molecule has 3 fully saturated rings. The molecule has 2 aliphatic heterocycles. The van der Waals surface area contributed by atoms with Crippen LogP contribution in [0.3, 0.4) is 0 Å². The minimum absolute atomic E-state index is 0.100. The predicted molar refractivity (Wildman–Crippen MR) is 166 cm³/mol. The number of hydrogen-bond acceptors (Lipinski definition) is 7. The highest BCUT2D eigenvalue weighted by Crippen LogP contribution is 2.29. The van der Waals surface area contributed by atoms with Crippen molar-refractivity contribution in [3.8, 4) is 0 Å². The summed E-state index contributed by atoms with van der Waals surface area (Å²) in [6.07, 6.45) is 9.95. The van der Waals surface area contributed by atoms with Gasteiger partial charge in [-0.1, -0.05) is 85.1 Å². The van der Waals surface area contributed by atoms with Gasteiger partial charge >= 0.3 is 0 Å². The normalized spacial score (nSPS) is 21.0. The van der Waals surface area contributed by atoms with E-state index in [1.54, 1.807) is 6.07 Å². The summed E-state index contributed by atoms with van der Waals surface area (Å²) in [6, 6.07) is 12.2. The molecule has 0 spiro atoms. The van der Waals surface area contributed by atoms with Gasteiger partial charge in [-0.05, 0) is 25.3 Å². The molecular weight excluding hydrogens is 556 g/mol. The fourth-order valence-electron chi connectivity index (χ4n) is 5.99. The predicted octanol–water partition coefficient (Wildman–Crippen LogP) is 4.70. The van der Waals surface area contributed by atoms with Crippen LogP contribution in [0.2, 0.25) is 5.15 Å². The average molecular weight is 597 g/mol. The largest absolute Gasteiger partial charge is 0.353 e. The first-order chi connectivity index (χ1) is 20.0. The number of benzene rings is 1. The molecular formula is C31H41ClN6O2S. The van der Waals surface area contributed by atoms with Crippen LogP contribution in [0.1, 0.15) is 44.6 Å². The van der Waals surface area contributed by atoms with Gasteiger partial charge in [-0.3, -0.25) is 14.5 Å². The van der Waals surface area contributed by atoms with Crippen molar-refractivity contribution in [3.63, 3.8) is 0 Å². The highest BCUT2D eigenvalue weighted by molar-refractivity contribution is 7.99. The molecule has 2 amide bonds. The van der Waals surface area contributed by atoms with Gasteiger partial charge in [0.15, 0.2) is 5.16 Å². The Morgan fingerprint density at radius 2 is 1.76 bits per heavy atom. The molecule has 8 nitrogen and oxygen atoms in total. The monoisotopic (exact) mass is 596 g/mol. The molecule has 220 valence electrons. The molecule has 3 heterocycles. The molecule has 5 rings (SSSR count). The Bertz CT molecular complexity index is 1200. The smallest absolute Gasteiger partial charge is 0.233 e. The van der Waals surface area contributed by atoms with Crippen LogP contribution in [-0.2, 0) is 9.59 Å². The third-order valence-electron chi connectivity index (χ3n) is 8.37. The molecule has 0 bridgehead atoms. The molecule has 1 aromatic carbocycles. The fraction of sp³-hybridized carbons (Fsp3) is 0.548. The number of piperazine rings is 2. The summed E-state index contributed by atoms with van der Waals surface area (Å²) < 4.78 is 0. The number of carbonyl (C=O) groups excluding carboxylic acids is 2. The van der Waals surface area contributed by atoms with Gasteiger partial charge in [0.2, 0.25) is 11.8 Å². The highest BCUT2D eigenvalue weighted by atomic mass is 35.5. The van der Waals surface area contributed by atoms with E-state index in [2.05, 4.69) is 50.9 Å². The lowest BCUT2D eigenvalue weighted by Crippen LogP contribution is -2.55. The number of nitrogens with zero attached hydrogens (tertiary/aromatic N) is 6. The Balaban J connectivity index is 1.08. The average Bonchev–Trinajstić information content (AvgIpc) is 3.00. The number of anilines is 1. The Labute approximate surface area is 253 Å². The van der Waals surface area contributed by atoms with Crippen LogP contribution in [0.4, 0.5) is 5.82 Å². The molecule has 2 aromatic rings. The minimum Gasteiger partial charge on any atom is -0.353 e. The molecule has 0 N–H and O–H groups in total. The van der Waals surface area contributed by atoms with Gasteiger partial charge in [0.25, 0.3) is 0 Å². The second-order valence-electron chi connectivity index (χ2n) is 11.3. The van der Waals surface area contributed by atoms with Crippen molar-refractivity contribution in [1.29, 1.82) is 0 Å². The lowest BCUT2D eigenvalue weighted by molar-refractivity contribution is -0.139. The van der Waals surface area contributed by atoms with Crippen molar-refractivity contribution in [2.45, 2.75) is 50.2 Å². The number of carbonyl (C=O) groups is 2. The fourth-order valence-corrected chi connectivity index (χ4v) is 6.97. The number of aromatic nitrogens is 2. The van der Waals surface area contributed by atoms with Gasteiger partial charge in [0.05, 0.1) is 5.75 Å². The van der Waals surface area contributed by atoms with Gasteiger partial charge in [-0.15, -0.1) is 0 Å². The Kier molecular flexibility index (Phi) is 10.6. The van der Waals surface area contributed by atoms with Gasteiger partial charge in [0.1, 0.15) is 11.0 Å². The van der Waals surface area contributed by atoms with Gasteiger partial charge in [0, 0.05) is 70.4 Å². The molecule has 10 heteroatoms. The number of halogens is 1.